The maximum absolute atomic E-state index is 6.40. The number of furan rings is 1. The van der Waals surface area contributed by atoms with Gasteiger partial charge in [-0.2, -0.15) is 0 Å². The Morgan fingerprint density at radius 1 is 0.676 bits per heavy atom. The number of hydrogen-bond donors (Lipinski definition) is 0. The summed E-state index contributed by atoms with van der Waals surface area (Å²) >= 11 is 0. The fourth-order valence-corrected chi connectivity index (χ4v) is 5.30. The summed E-state index contributed by atoms with van der Waals surface area (Å²) in [6, 6.07) is 40.4. The van der Waals surface area contributed by atoms with E-state index < -0.39 is 0 Å². The molecule has 0 radical (unpaired) electrons. The quantitative estimate of drug-likeness (QED) is 0.252. The molecule has 2 heterocycles. The second kappa shape index (κ2) is 8.49. The molecule has 0 atom stereocenters. The standard InChI is InChI=1S/C34H26N2O/c1-22(2)23-19-24(27-14-10-15-29-28-13-6-9-18-32(28)37-33(27)29)21-25(20-23)34-35-30-16-7-8-17-31(30)36(34)26-11-4-3-5-12-26/h3-22H,1-2H3. The summed E-state index contributed by atoms with van der Waals surface area (Å²) < 4.78 is 8.67. The zero-order valence-corrected chi connectivity index (χ0v) is 20.8. The summed E-state index contributed by atoms with van der Waals surface area (Å²) in [5.74, 6) is 1.30. The Bertz CT molecular complexity index is 1910. The van der Waals surface area contributed by atoms with Gasteiger partial charge in [-0.3, -0.25) is 4.57 Å². The first-order valence-corrected chi connectivity index (χ1v) is 12.8. The van der Waals surface area contributed by atoms with Gasteiger partial charge in [0.2, 0.25) is 0 Å². The SMILES string of the molecule is CC(C)c1cc(-c2cccc3c2oc2ccccc23)cc(-c2nc3ccccc3n2-c2ccccc2)c1. The fourth-order valence-electron chi connectivity index (χ4n) is 5.30. The minimum atomic E-state index is 0.364. The normalized spacial score (nSPS) is 11.8. The molecule has 3 heteroatoms. The lowest BCUT2D eigenvalue weighted by atomic mass is 9.93. The summed E-state index contributed by atoms with van der Waals surface area (Å²) in [5, 5.41) is 2.28. The van der Waals surface area contributed by atoms with Gasteiger partial charge in [0.1, 0.15) is 17.0 Å². The molecule has 0 saturated carbocycles. The van der Waals surface area contributed by atoms with Gasteiger partial charge in [-0.25, -0.2) is 4.98 Å². The van der Waals surface area contributed by atoms with Crippen LogP contribution in [0.1, 0.15) is 25.3 Å². The third-order valence-electron chi connectivity index (χ3n) is 7.17. The summed E-state index contributed by atoms with van der Waals surface area (Å²) in [4.78, 5) is 5.13. The number of para-hydroxylation sites is 5. The van der Waals surface area contributed by atoms with Gasteiger partial charge in [0.25, 0.3) is 0 Å². The van der Waals surface area contributed by atoms with Crippen LogP contribution in [0.3, 0.4) is 0 Å². The van der Waals surface area contributed by atoms with E-state index in [1.54, 1.807) is 0 Å². The van der Waals surface area contributed by atoms with Crippen LogP contribution in [-0.4, -0.2) is 9.55 Å². The fraction of sp³-hybridized carbons (Fsp3) is 0.0882. The van der Waals surface area contributed by atoms with Crippen molar-refractivity contribution in [2.45, 2.75) is 19.8 Å². The molecule has 0 aliphatic carbocycles. The number of hydrogen-bond acceptors (Lipinski definition) is 2. The van der Waals surface area contributed by atoms with Crippen molar-refractivity contribution in [3.8, 4) is 28.2 Å². The number of nitrogens with zero attached hydrogens (tertiary/aromatic N) is 2. The van der Waals surface area contributed by atoms with Crippen molar-refractivity contribution in [3.63, 3.8) is 0 Å². The molecule has 5 aromatic carbocycles. The Balaban J connectivity index is 1.51. The molecule has 7 aromatic rings. The van der Waals surface area contributed by atoms with Crippen molar-refractivity contribution < 1.29 is 4.42 Å². The molecule has 2 aromatic heterocycles. The topological polar surface area (TPSA) is 31.0 Å². The minimum Gasteiger partial charge on any atom is -0.455 e. The van der Waals surface area contributed by atoms with Crippen LogP contribution in [0.2, 0.25) is 0 Å². The monoisotopic (exact) mass is 478 g/mol. The largest absolute Gasteiger partial charge is 0.455 e. The van der Waals surface area contributed by atoms with Gasteiger partial charge in [0, 0.05) is 27.6 Å². The number of benzene rings is 5. The summed E-state index contributed by atoms with van der Waals surface area (Å²) in [6.45, 7) is 4.48. The van der Waals surface area contributed by atoms with Crippen LogP contribution in [0.15, 0.2) is 120 Å². The highest BCUT2D eigenvalue weighted by molar-refractivity contribution is 6.09. The Morgan fingerprint density at radius 3 is 2.27 bits per heavy atom. The molecular weight excluding hydrogens is 452 g/mol. The van der Waals surface area contributed by atoms with Gasteiger partial charge in [0.05, 0.1) is 11.0 Å². The molecule has 0 aliphatic heterocycles. The van der Waals surface area contributed by atoms with E-state index in [1.807, 2.05) is 24.3 Å². The Kier molecular flexibility index (Phi) is 4.97. The molecule has 0 fully saturated rings. The summed E-state index contributed by atoms with van der Waals surface area (Å²) in [5.41, 5.74) is 9.61. The van der Waals surface area contributed by atoms with E-state index in [0.717, 1.165) is 61.2 Å². The van der Waals surface area contributed by atoms with Crippen LogP contribution in [-0.2, 0) is 0 Å². The molecule has 178 valence electrons. The van der Waals surface area contributed by atoms with Crippen LogP contribution in [0.4, 0.5) is 0 Å². The first-order chi connectivity index (χ1) is 18.2. The molecule has 0 N–H and O–H groups in total. The lowest BCUT2D eigenvalue weighted by Crippen LogP contribution is -1.99. The third kappa shape index (κ3) is 3.54. The van der Waals surface area contributed by atoms with Crippen molar-refractivity contribution in [2.24, 2.45) is 0 Å². The Labute approximate surface area is 215 Å². The van der Waals surface area contributed by atoms with E-state index in [1.165, 1.54) is 5.56 Å². The highest BCUT2D eigenvalue weighted by atomic mass is 16.3. The molecule has 7 rings (SSSR count). The molecule has 37 heavy (non-hydrogen) atoms. The lowest BCUT2D eigenvalue weighted by molar-refractivity contribution is 0.670. The highest BCUT2D eigenvalue weighted by Crippen LogP contribution is 2.39. The second-order valence-corrected chi connectivity index (χ2v) is 9.87. The molecule has 0 spiro atoms. The van der Waals surface area contributed by atoms with Crippen molar-refractivity contribution in [3.05, 3.63) is 121 Å². The Hall–Kier alpha value is -4.63. The molecule has 0 bridgehead atoms. The van der Waals surface area contributed by atoms with E-state index in [2.05, 4.69) is 109 Å². The van der Waals surface area contributed by atoms with Gasteiger partial charge >= 0.3 is 0 Å². The smallest absolute Gasteiger partial charge is 0.145 e. The number of imidazole rings is 1. The average molecular weight is 479 g/mol. The lowest BCUT2D eigenvalue weighted by Gasteiger charge is -2.15. The van der Waals surface area contributed by atoms with Crippen LogP contribution >= 0.6 is 0 Å². The van der Waals surface area contributed by atoms with Crippen molar-refractivity contribution in [1.82, 2.24) is 9.55 Å². The first-order valence-electron chi connectivity index (χ1n) is 12.8. The highest BCUT2D eigenvalue weighted by Gasteiger charge is 2.18. The van der Waals surface area contributed by atoms with Crippen LogP contribution in [0.5, 0.6) is 0 Å². The number of rotatable bonds is 4. The van der Waals surface area contributed by atoms with Gasteiger partial charge in [-0.05, 0) is 59.5 Å². The van der Waals surface area contributed by atoms with Gasteiger partial charge < -0.3 is 4.42 Å². The molecule has 0 amide bonds. The van der Waals surface area contributed by atoms with Crippen molar-refractivity contribution >= 4 is 33.0 Å². The summed E-state index contributed by atoms with van der Waals surface area (Å²) in [7, 11) is 0. The van der Waals surface area contributed by atoms with E-state index in [0.29, 0.717) is 5.92 Å². The second-order valence-electron chi connectivity index (χ2n) is 9.87. The molecule has 0 aliphatic rings. The van der Waals surface area contributed by atoms with Gasteiger partial charge in [0.15, 0.2) is 0 Å². The maximum Gasteiger partial charge on any atom is 0.145 e. The molecular formula is C34H26N2O. The van der Waals surface area contributed by atoms with Crippen molar-refractivity contribution in [2.75, 3.05) is 0 Å². The van der Waals surface area contributed by atoms with Crippen LogP contribution in [0, 0.1) is 0 Å². The van der Waals surface area contributed by atoms with E-state index in [4.69, 9.17) is 9.40 Å². The molecule has 0 unspecified atom stereocenters. The first kappa shape index (κ1) is 21.6. The van der Waals surface area contributed by atoms with E-state index in [9.17, 15) is 0 Å². The van der Waals surface area contributed by atoms with E-state index >= 15 is 0 Å². The maximum atomic E-state index is 6.40. The third-order valence-corrected chi connectivity index (χ3v) is 7.17. The zero-order valence-electron chi connectivity index (χ0n) is 20.8. The van der Waals surface area contributed by atoms with Crippen molar-refractivity contribution in [1.29, 1.82) is 0 Å². The molecule has 3 nitrogen and oxygen atoms in total. The number of aromatic nitrogens is 2. The predicted molar refractivity (Wildman–Crippen MR) is 153 cm³/mol. The average Bonchev–Trinajstić information content (AvgIpc) is 3.52. The van der Waals surface area contributed by atoms with Gasteiger partial charge in [-0.1, -0.05) is 86.6 Å². The van der Waals surface area contributed by atoms with Gasteiger partial charge in [-0.15, -0.1) is 0 Å². The van der Waals surface area contributed by atoms with Crippen LogP contribution < -0.4 is 0 Å². The number of fused-ring (bicyclic) bond motifs is 4. The zero-order chi connectivity index (χ0) is 24.9. The minimum absolute atomic E-state index is 0.364. The van der Waals surface area contributed by atoms with E-state index in [-0.39, 0.29) is 0 Å². The Morgan fingerprint density at radius 2 is 1.41 bits per heavy atom. The predicted octanol–water partition coefficient (Wildman–Crippen LogP) is 9.38. The summed E-state index contributed by atoms with van der Waals surface area (Å²) in [6.07, 6.45) is 0. The van der Waals surface area contributed by atoms with Crippen LogP contribution in [0.25, 0.3) is 61.2 Å². The molecule has 0 saturated heterocycles.